The Morgan fingerprint density at radius 1 is 1.14 bits per heavy atom. The smallest absolute Gasteiger partial charge is 0.298 e. The van der Waals surface area contributed by atoms with Crippen LogP contribution in [0.3, 0.4) is 0 Å². The number of benzene rings is 1. The van der Waals surface area contributed by atoms with Crippen LogP contribution in [0.15, 0.2) is 12.1 Å². The van der Waals surface area contributed by atoms with Crippen molar-refractivity contribution in [2.75, 3.05) is 49.6 Å². The minimum Gasteiger partial charge on any atom is -0.379 e. The lowest BCUT2D eigenvalue weighted by Gasteiger charge is -2.31. The molecule has 0 aliphatic carbocycles. The van der Waals surface area contributed by atoms with Gasteiger partial charge in [0.05, 0.1) is 39.8 Å². The largest absolute Gasteiger partial charge is 0.379 e. The lowest BCUT2D eigenvalue weighted by molar-refractivity contribution is 0.0776. The van der Waals surface area contributed by atoms with Gasteiger partial charge in [-0.2, -0.15) is 0 Å². The number of carbonyl (C=O) groups is 1. The number of hydrogen-bond donors (Lipinski definition) is 1. The predicted molar refractivity (Wildman–Crippen MR) is 123 cm³/mol. The van der Waals surface area contributed by atoms with Crippen LogP contribution in [-0.2, 0) is 10.2 Å². The standard InChI is InChI=1S/C21H30N4O2S2/c1-21(2,3)19-22-16-13-17(24-7-5-4-6-8-24)15(14-18(16)28-19)23-20(26)29-25-9-11-27-12-10-25/h13-14H,4-12H2,1-3H3,(H,23,26). The highest BCUT2D eigenvalue weighted by atomic mass is 32.2. The molecule has 2 fully saturated rings. The van der Waals surface area contributed by atoms with Crippen molar-refractivity contribution < 1.29 is 9.53 Å². The normalized spacial score (nSPS) is 18.9. The van der Waals surface area contributed by atoms with Crippen molar-refractivity contribution in [3.8, 4) is 0 Å². The third kappa shape index (κ3) is 5.05. The van der Waals surface area contributed by atoms with Crippen LogP contribution in [0, 0.1) is 0 Å². The van der Waals surface area contributed by atoms with E-state index < -0.39 is 0 Å². The zero-order chi connectivity index (χ0) is 20.4. The van der Waals surface area contributed by atoms with E-state index in [1.54, 1.807) is 11.3 Å². The minimum atomic E-state index is -0.0370. The fourth-order valence-corrected chi connectivity index (χ4v) is 5.43. The summed E-state index contributed by atoms with van der Waals surface area (Å²) in [4.78, 5) is 20.1. The number of rotatable bonds is 3. The number of nitrogens with zero attached hydrogens (tertiary/aromatic N) is 3. The van der Waals surface area contributed by atoms with E-state index in [1.807, 2.05) is 0 Å². The number of hydrogen-bond acceptors (Lipinski definition) is 7. The summed E-state index contributed by atoms with van der Waals surface area (Å²) in [5, 5.41) is 4.27. The van der Waals surface area contributed by atoms with E-state index in [9.17, 15) is 4.79 Å². The van der Waals surface area contributed by atoms with Gasteiger partial charge in [-0.1, -0.05) is 20.8 Å². The number of thiazole rings is 1. The maximum atomic E-state index is 12.8. The summed E-state index contributed by atoms with van der Waals surface area (Å²) in [6.07, 6.45) is 3.66. The summed E-state index contributed by atoms with van der Waals surface area (Å²) in [6.45, 7) is 11.6. The van der Waals surface area contributed by atoms with Gasteiger partial charge in [0.25, 0.3) is 5.24 Å². The topological polar surface area (TPSA) is 57.7 Å². The van der Waals surface area contributed by atoms with Gasteiger partial charge in [0.2, 0.25) is 0 Å². The molecule has 1 aromatic carbocycles. The summed E-state index contributed by atoms with van der Waals surface area (Å²) in [5.41, 5.74) is 3.04. The van der Waals surface area contributed by atoms with Crippen molar-refractivity contribution in [1.29, 1.82) is 0 Å². The molecule has 1 N–H and O–H groups in total. The molecule has 2 saturated heterocycles. The van der Waals surface area contributed by atoms with E-state index in [0.29, 0.717) is 13.2 Å². The Morgan fingerprint density at radius 2 is 1.86 bits per heavy atom. The molecule has 1 amide bonds. The second kappa shape index (κ2) is 8.79. The maximum Gasteiger partial charge on any atom is 0.298 e. The van der Waals surface area contributed by atoms with Gasteiger partial charge in [-0.25, -0.2) is 9.29 Å². The molecule has 2 aliphatic rings. The molecule has 0 bridgehead atoms. The fourth-order valence-electron chi connectivity index (χ4n) is 3.67. The average molecular weight is 435 g/mol. The number of aromatic nitrogens is 1. The Kier molecular flexibility index (Phi) is 6.34. The number of fused-ring (bicyclic) bond motifs is 1. The van der Waals surface area contributed by atoms with E-state index in [1.165, 1.54) is 31.2 Å². The van der Waals surface area contributed by atoms with Gasteiger partial charge in [-0.3, -0.25) is 4.79 Å². The number of piperidine rings is 1. The monoisotopic (exact) mass is 434 g/mol. The van der Waals surface area contributed by atoms with Gasteiger partial charge in [-0.05, 0) is 31.4 Å². The summed E-state index contributed by atoms with van der Waals surface area (Å²) in [6, 6.07) is 4.28. The maximum absolute atomic E-state index is 12.8. The van der Waals surface area contributed by atoms with E-state index in [-0.39, 0.29) is 10.7 Å². The number of ether oxygens (including phenoxy) is 1. The second-order valence-corrected chi connectivity index (χ2v) is 10.8. The molecule has 2 aliphatic heterocycles. The molecule has 0 radical (unpaired) electrons. The molecule has 4 rings (SSSR count). The van der Waals surface area contributed by atoms with Crippen LogP contribution in [-0.4, -0.2) is 53.9 Å². The van der Waals surface area contributed by atoms with Crippen LogP contribution >= 0.6 is 23.3 Å². The van der Waals surface area contributed by atoms with Crippen molar-refractivity contribution in [2.45, 2.75) is 45.4 Å². The highest BCUT2D eigenvalue weighted by molar-refractivity contribution is 8.11. The number of morpholine rings is 1. The third-order valence-corrected chi connectivity index (χ3v) is 7.60. The third-order valence-electron chi connectivity index (χ3n) is 5.26. The van der Waals surface area contributed by atoms with Crippen molar-refractivity contribution >= 4 is 50.1 Å². The van der Waals surface area contributed by atoms with Crippen LogP contribution in [0.1, 0.15) is 45.0 Å². The molecule has 29 heavy (non-hydrogen) atoms. The van der Waals surface area contributed by atoms with E-state index in [0.717, 1.165) is 52.8 Å². The molecule has 8 heteroatoms. The van der Waals surface area contributed by atoms with E-state index >= 15 is 0 Å². The molecule has 0 atom stereocenters. The number of anilines is 2. The average Bonchev–Trinajstić information content (AvgIpc) is 3.12. The number of nitrogens with one attached hydrogen (secondary N) is 1. The van der Waals surface area contributed by atoms with E-state index in [4.69, 9.17) is 9.72 Å². The predicted octanol–water partition coefficient (Wildman–Crippen LogP) is 5.10. The quantitative estimate of drug-likeness (QED) is 0.679. The zero-order valence-corrected chi connectivity index (χ0v) is 19.1. The second-order valence-electron chi connectivity index (χ2n) is 8.70. The SMILES string of the molecule is CC(C)(C)c1nc2cc(N3CCCCC3)c(NC(=O)SN3CCOCC3)cc2s1. The van der Waals surface area contributed by atoms with Crippen LogP contribution in [0.2, 0.25) is 0 Å². The molecule has 0 saturated carbocycles. The Hall–Kier alpha value is -1.35. The van der Waals surface area contributed by atoms with Crippen molar-refractivity contribution in [3.63, 3.8) is 0 Å². The van der Waals surface area contributed by atoms with Gasteiger partial charge >= 0.3 is 0 Å². The zero-order valence-electron chi connectivity index (χ0n) is 17.5. The van der Waals surface area contributed by atoms with Crippen LogP contribution in [0.4, 0.5) is 16.2 Å². The van der Waals surface area contributed by atoms with Gasteiger partial charge in [-0.15, -0.1) is 11.3 Å². The molecular weight excluding hydrogens is 404 g/mol. The van der Waals surface area contributed by atoms with Gasteiger partial charge in [0, 0.05) is 43.5 Å². The van der Waals surface area contributed by atoms with Gasteiger partial charge in [0.1, 0.15) is 0 Å². The molecule has 3 heterocycles. The Balaban J connectivity index is 1.62. The molecule has 1 aromatic heterocycles. The summed E-state index contributed by atoms with van der Waals surface area (Å²) in [5.74, 6) is 0. The molecule has 0 unspecified atom stereocenters. The number of amides is 1. The molecular formula is C21H30N4O2S2. The molecule has 0 spiro atoms. The minimum absolute atomic E-state index is 0.0184. The van der Waals surface area contributed by atoms with Gasteiger partial charge < -0.3 is 15.0 Å². The summed E-state index contributed by atoms with van der Waals surface area (Å²) >= 11 is 2.98. The lowest BCUT2D eigenvalue weighted by Crippen LogP contribution is -2.33. The number of carbonyl (C=O) groups excluding carboxylic acids is 1. The first-order chi connectivity index (χ1) is 13.9. The molecule has 158 valence electrons. The van der Waals surface area contributed by atoms with E-state index in [2.05, 4.69) is 47.4 Å². The van der Waals surface area contributed by atoms with Gasteiger partial charge in [0.15, 0.2) is 0 Å². The first-order valence-corrected chi connectivity index (χ1v) is 12.0. The van der Waals surface area contributed by atoms with Crippen molar-refractivity contribution in [2.24, 2.45) is 0 Å². The lowest BCUT2D eigenvalue weighted by atomic mass is 9.98. The van der Waals surface area contributed by atoms with Crippen molar-refractivity contribution in [3.05, 3.63) is 17.1 Å². The van der Waals surface area contributed by atoms with Crippen LogP contribution < -0.4 is 10.2 Å². The summed E-state index contributed by atoms with van der Waals surface area (Å²) in [7, 11) is 0. The van der Waals surface area contributed by atoms with Crippen LogP contribution in [0.5, 0.6) is 0 Å². The highest BCUT2D eigenvalue weighted by Gasteiger charge is 2.23. The van der Waals surface area contributed by atoms with Crippen LogP contribution in [0.25, 0.3) is 10.2 Å². The fraction of sp³-hybridized carbons (Fsp3) is 0.619. The first-order valence-electron chi connectivity index (χ1n) is 10.4. The van der Waals surface area contributed by atoms with Crippen molar-refractivity contribution in [1.82, 2.24) is 9.29 Å². The molecule has 2 aromatic rings. The first kappa shape index (κ1) is 20.9. The Labute approximate surface area is 181 Å². The Bertz CT molecular complexity index is 865. The molecule has 6 nitrogen and oxygen atoms in total. The summed E-state index contributed by atoms with van der Waals surface area (Å²) < 4.78 is 8.58. The highest BCUT2D eigenvalue weighted by Crippen LogP contribution is 2.38. The Morgan fingerprint density at radius 3 is 2.55 bits per heavy atom.